The molecule has 0 atom stereocenters. The van der Waals surface area contributed by atoms with Crippen molar-refractivity contribution < 1.29 is 0 Å². The van der Waals surface area contributed by atoms with Gasteiger partial charge in [0.1, 0.15) is 16.5 Å². The van der Waals surface area contributed by atoms with Gasteiger partial charge in [-0.3, -0.25) is 0 Å². The molecule has 0 amide bonds. The molecule has 3 heterocycles. The van der Waals surface area contributed by atoms with E-state index >= 15 is 0 Å². The lowest BCUT2D eigenvalue weighted by Crippen LogP contribution is -2.28. The van der Waals surface area contributed by atoms with Crippen LogP contribution in [-0.2, 0) is 13.1 Å². The number of rotatable bonds is 2. The highest BCUT2D eigenvalue weighted by atomic mass is 35.5. The van der Waals surface area contributed by atoms with Crippen molar-refractivity contribution in [1.82, 2.24) is 25.1 Å². The Hall–Kier alpha value is -1.76. The van der Waals surface area contributed by atoms with Gasteiger partial charge in [0, 0.05) is 24.0 Å². The molecule has 0 fully saturated rings. The van der Waals surface area contributed by atoms with E-state index in [2.05, 4.69) is 37.6 Å². The van der Waals surface area contributed by atoms with Crippen LogP contribution >= 0.6 is 23.7 Å². The van der Waals surface area contributed by atoms with Crippen LogP contribution in [0.4, 0.5) is 0 Å². The average Bonchev–Trinajstić information content (AvgIpc) is 3.14. The van der Waals surface area contributed by atoms with Gasteiger partial charge in [-0.25, -0.2) is 4.98 Å². The Morgan fingerprint density at radius 2 is 2.00 bits per heavy atom. The molecule has 0 bridgehead atoms. The van der Waals surface area contributed by atoms with Crippen LogP contribution in [0.1, 0.15) is 5.82 Å². The normalized spacial score (nSPS) is 13.5. The number of halogens is 1. The number of nitrogens with zero attached hydrogens (tertiary/aromatic N) is 4. The van der Waals surface area contributed by atoms with Gasteiger partial charge in [0.15, 0.2) is 5.82 Å². The van der Waals surface area contributed by atoms with E-state index in [1.165, 1.54) is 0 Å². The molecule has 4 rings (SSSR count). The number of thiazole rings is 1. The first-order valence-electron chi connectivity index (χ1n) is 6.56. The van der Waals surface area contributed by atoms with E-state index in [1.54, 1.807) is 11.3 Å². The summed E-state index contributed by atoms with van der Waals surface area (Å²) in [4.78, 5) is 4.71. The Morgan fingerprint density at radius 3 is 2.86 bits per heavy atom. The van der Waals surface area contributed by atoms with Crippen molar-refractivity contribution in [1.29, 1.82) is 0 Å². The van der Waals surface area contributed by atoms with E-state index < -0.39 is 0 Å². The lowest BCUT2D eigenvalue weighted by molar-refractivity contribution is 0.508. The minimum atomic E-state index is 0. The number of fused-ring (bicyclic) bond motifs is 1. The Bertz CT molecular complexity index is 737. The van der Waals surface area contributed by atoms with Crippen molar-refractivity contribution in [3.8, 4) is 22.1 Å². The second-order valence-electron chi connectivity index (χ2n) is 4.67. The van der Waals surface area contributed by atoms with Crippen LogP contribution in [0.2, 0.25) is 0 Å². The number of hydrogen-bond donors (Lipinski definition) is 1. The van der Waals surface area contributed by atoms with Crippen LogP contribution in [0.5, 0.6) is 0 Å². The van der Waals surface area contributed by atoms with Crippen LogP contribution in [0.3, 0.4) is 0 Å². The minimum absolute atomic E-state index is 0. The molecule has 1 aliphatic heterocycles. The summed E-state index contributed by atoms with van der Waals surface area (Å²) in [5.74, 6) is 1.86. The van der Waals surface area contributed by atoms with Crippen molar-refractivity contribution in [2.24, 2.45) is 0 Å². The summed E-state index contributed by atoms with van der Waals surface area (Å²) in [6.45, 7) is 2.63. The molecule has 0 spiro atoms. The van der Waals surface area contributed by atoms with Gasteiger partial charge in [-0.2, -0.15) is 0 Å². The first-order chi connectivity index (χ1) is 9.92. The van der Waals surface area contributed by atoms with Crippen molar-refractivity contribution in [2.45, 2.75) is 13.1 Å². The Balaban J connectivity index is 0.00000132. The number of benzene rings is 1. The highest BCUT2D eigenvalue weighted by Gasteiger charge is 2.18. The molecule has 3 aromatic rings. The summed E-state index contributed by atoms with van der Waals surface area (Å²) in [6.07, 6.45) is 0. The SMILES string of the molecule is Cl.c1ccc(-c2nc(-c3nnc4n3CCNC4)cs2)cc1. The number of aromatic nitrogens is 4. The maximum absolute atomic E-state index is 4.71. The molecule has 0 saturated carbocycles. The average molecular weight is 320 g/mol. The second-order valence-corrected chi connectivity index (χ2v) is 5.53. The third kappa shape index (κ3) is 2.57. The van der Waals surface area contributed by atoms with Gasteiger partial charge in [-0.05, 0) is 0 Å². The molecule has 2 aromatic heterocycles. The monoisotopic (exact) mass is 319 g/mol. The molecule has 108 valence electrons. The molecule has 0 radical (unpaired) electrons. The fourth-order valence-corrected chi connectivity index (χ4v) is 3.18. The number of hydrogen-bond acceptors (Lipinski definition) is 5. The lowest BCUT2D eigenvalue weighted by Gasteiger charge is -2.15. The molecule has 0 unspecified atom stereocenters. The largest absolute Gasteiger partial charge is 0.308 e. The summed E-state index contributed by atoms with van der Waals surface area (Å²) in [5, 5.41) is 14.9. The summed E-state index contributed by atoms with van der Waals surface area (Å²) in [5.41, 5.74) is 2.05. The van der Waals surface area contributed by atoms with E-state index in [-0.39, 0.29) is 12.4 Å². The van der Waals surface area contributed by atoms with E-state index in [1.807, 2.05) is 18.2 Å². The highest BCUT2D eigenvalue weighted by Crippen LogP contribution is 2.28. The quantitative estimate of drug-likeness (QED) is 0.789. The minimum Gasteiger partial charge on any atom is -0.308 e. The third-order valence-electron chi connectivity index (χ3n) is 3.38. The van der Waals surface area contributed by atoms with Gasteiger partial charge < -0.3 is 9.88 Å². The van der Waals surface area contributed by atoms with Gasteiger partial charge in [0.2, 0.25) is 0 Å². The fourth-order valence-electron chi connectivity index (χ4n) is 2.37. The molecule has 0 saturated heterocycles. The van der Waals surface area contributed by atoms with Gasteiger partial charge in [0.05, 0.1) is 6.54 Å². The Labute approximate surface area is 132 Å². The fraction of sp³-hybridized carbons (Fsp3) is 0.214. The maximum atomic E-state index is 4.71. The van der Waals surface area contributed by atoms with E-state index in [0.717, 1.165) is 47.5 Å². The van der Waals surface area contributed by atoms with E-state index in [9.17, 15) is 0 Å². The molecule has 1 aromatic carbocycles. The second kappa shape index (κ2) is 5.93. The van der Waals surface area contributed by atoms with Gasteiger partial charge in [-0.1, -0.05) is 30.3 Å². The van der Waals surface area contributed by atoms with Crippen molar-refractivity contribution in [2.75, 3.05) is 6.54 Å². The predicted octanol–water partition coefficient (Wildman–Crippen LogP) is 2.59. The maximum Gasteiger partial charge on any atom is 0.183 e. The first kappa shape index (κ1) is 14.2. The Kier molecular flexibility index (Phi) is 4.01. The molecule has 21 heavy (non-hydrogen) atoms. The van der Waals surface area contributed by atoms with Crippen molar-refractivity contribution in [3.63, 3.8) is 0 Å². The van der Waals surface area contributed by atoms with Crippen LogP contribution < -0.4 is 5.32 Å². The lowest BCUT2D eigenvalue weighted by atomic mass is 10.2. The zero-order valence-electron chi connectivity index (χ0n) is 11.2. The van der Waals surface area contributed by atoms with Gasteiger partial charge in [0.25, 0.3) is 0 Å². The molecule has 5 nitrogen and oxygen atoms in total. The summed E-state index contributed by atoms with van der Waals surface area (Å²) >= 11 is 1.64. The van der Waals surface area contributed by atoms with Crippen molar-refractivity contribution in [3.05, 3.63) is 41.5 Å². The molecule has 0 aliphatic carbocycles. The van der Waals surface area contributed by atoms with E-state index in [4.69, 9.17) is 4.98 Å². The van der Waals surface area contributed by atoms with Crippen LogP contribution in [0.25, 0.3) is 22.1 Å². The summed E-state index contributed by atoms with van der Waals surface area (Å²) in [7, 11) is 0. The van der Waals surface area contributed by atoms with Crippen molar-refractivity contribution >= 4 is 23.7 Å². The predicted molar refractivity (Wildman–Crippen MR) is 85.5 cm³/mol. The summed E-state index contributed by atoms with van der Waals surface area (Å²) in [6, 6.07) is 10.2. The standard InChI is InChI=1S/C14H13N5S.ClH/c1-2-4-10(5-3-1)14-16-11(9-20-14)13-18-17-12-8-15-6-7-19(12)13;/h1-5,9,15H,6-8H2;1H. The smallest absolute Gasteiger partial charge is 0.183 e. The van der Waals surface area contributed by atoms with Gasteiger partial charge >= 0.3 is 0 Å². The first-order valence-corrected chi connectivity index (χ1v) is 7.44. The zero-order valence-corrected chi connectivity index (χ0v) is 12.8. The summed E-state index contributed by atoms with van der Waals surface area (Å²) < 4.78 is 2.15. The molecule has 1 aliphatic rings. The van der Waals surface area contributed by atoms with Gasteiger partial charge in [-0.15, -0.1) is 33.9 Å². The molecule has 1 N–H and O–H groups in total. The van der Waals surface area contributed by atoms with Crippen LogP contribution in [-0.4, -0.2) is 26.3 Å². The highest BCUT2D eigenvalue weighted by molar-refractivity contribution is 7.13. The van der Waals surface area contributed by atoms with Crippen LogP contribution in [0.15, 0.2) is 35.7 Å². The zero-order chi connectivity index (χ0) is 13.4. The topological polar surface area (TPSA) is 55.6 Å². The molecular formula is C14H14ClN5S. The number of nitrogens with one attached hydrogen (secondary N) is 1. The Morgan fingerprint density at radius 1 is 1.14 bits per heavy atom. The molecular weight excluding hydrogens is 306 g/mol. The van der Waals surface area contributed by atoms with Crippen LogP contribution in [0, 0.1) is 0 Å². The third-order valence-corrected chi connectivity index (χ3v) is 4.27. The van der Waals surface area contributed by atoms with E-state index in [0.29, 0.717) is 0 Å². The molecule has 7 heteroatoms.